The van der Waals surface area contributed by atoms with Gasteiger partial charge in [0.05, 0.1) is 17.3 Å². The fourth-order valence-electron chi connectivity index (χ4n) is 2.40. The predicted molar refractivity (Wildman–Crippen MR) is 104 cm³/mol. The van der Waals surface area contributed by atoms with E-state index in [9.17, 15) is 14.9 Å². The topological polar surface area (TPSA) is 112 Å². The summed E-state index contributed by atoms with van der Waals surface area (Å²) in [6, 6.07) is 15.5. The summed E-state index contributed by atoms with van der Waals surface area (Å²) < 4.78 is 1.81. The lowest BCUT2D eigenvalue weighted by molar-refractivity contribution is -0.384. The minimum atomic E-state index is -0.454. The maximum absolute atomic E-state index is 11.8. The van der Waals surface area contributed by atoms with E-state index in [0.29, 0.717) is 23.2 Å². The molecule has 1 aromatic heterocycles. The maximum Gasteiger partial charge on any atom is 0.269 e. The molecule has 3 rings (SSSR count). The summed E-state index contributed by atoms with van der Waals surface area (Å²) in [6.07, 6.45) is 0. The third kappa shape index (κ3) is 4.53. The zero-order chi connectivity index (χ0) is 19.9. The van der Waals surface area contributed by atoms with Crippen LogP contribution in [0.3, 0.4) is 0 Å². The Kier molecular flexibility index (Phi) is 6.35. The average Bonchev–Trinajstić information content (AvgIpc) is 3.15. The van der Waals surface area contributed by atoms with E-state index < -0.39 is 4.92 Å². The molecule has 10 heteroatoms. The van der Waals surface area contributed by atoms with Gasteiger partial charge in [0.25, 0.3) is 11.6 Å². The fraction of sp³-hybridized carbons (Fsp3) is 0.167. The van der Waals surface area contributed by atoms with Crippen molar-refractivity contribution in [1.29, 1.82) is 0 Å². The van der Waals surface area contributed by atoms with Crippen molar-refractivity contribution in [3.05, 3.63) is 64.7 Å². The summed E-state index contributed by atoms with van der Waals surface area (Å²) in [5.74, 6) is 0.339. The molecule has 0 saturated carbocycles. The van der Waals surface area contributed by atoms with Crippen LogP contribution in [-0.2, 0) is 9.63 Å². The zero-order valence-electron chi connectivity index (χ0n) is 14.9. The van der Waals surface area contributed by atoms with E-state index in [1.165, 1.54) is 23.9 Å². The number of carbonyl (C=O) groups is 1. The smallest absolute Gasteiger partial charge is 0.269 e. The van der Waals surface area contributed by atoms with Crippen molar-refractivity contribution in [3.63, 3.8) is 0 Å². The average molecular weight is 399 g/mol. The van der Waals surface area contributed by atoms with E-state index >= 15 is 0 Å². The Balaban J connectivity index is 1.93. The number of thioether (sulfide) groups is 1. The first-order valence-corrected chi connectivity index (χ1v) is 9.37. The zero-order valence-corrected chi connectivity index (χ0v) is 15.8. The second-order valence-electron chi connectivity index (χ2n) is 5.53. The first kappa shape index (κ1) is 19.5. The standard InChI is InChI=1S/C18H17N5O4S/c1-2-27-21-16(24)12-28-18-20-19-17(22(18)14-6-4-3-5-7-14)13-8-10-15(11-9-13)23(25)26/h3-11H,2,12H2,1H3,(H,21,24). The van der Waals surface area contributed by atoms with Crippen LogP contribution >= 0.6 is 11.8 Å². The molecule has 0 radical (unpaired) electrons. The number of nitrogens with zero attached hydrogens (tertiary/aromatic N) is 4. The van der Waals surface area contributed by atoms with Gasteiger partial charge in [-0.05, 0) is 31.2 Å². The first-order valence-electron chi connectivity index (χ1n) is 8.39. The highest BCUT2D eigenvalue weighted by atomic mass is 32.2. The third-order valence-corrected chi connectivity index (χ3v) is 4.58. The molecule has 0 aliphatic carbocycles. The van der Waals surface area contributed by atoms with E-state index in [0.717, 1.165) is 5.69 Å². The lowest BCUT2D eigenvalue weighted by atomic mass is 10.2. The van der Waals surface area contributed by atoms with Crippen molar-refractivity contribution < 1.29 is 14.6 Å². The van der Waals surface area contributed by atoms with Gasteiger partial charge in [0.15, 0.2) is 11.0 Å². The molecule has 1 amide bonds. The molecule has 0 aliphatic rings. The highest BCUT2D eigenvalue weighted by Crippen LogP contribution is 2.28. The number of nitro groups is 1. The number of amides is 1. The van der Waals surface area contributed by atoms with Gasteiger partial charge in [-0.1, -0.05) is 30.0 Å². The molecule has 28 heavy (non-hydrogen) atoms. The second kappa shape index (κ2) is 9.11. The van der Waals surface area contributed by atoms with Gasteiger partial charge in [-0.2, -0.15) is 0 Å². The minimum Gasteiger partial charge on any atom is -0.274 e. The Morgan fingerprint density at radius 2 is 1.89 bits per heavy atom. The number of non-ortho nitro benzene ring substituents is 1. The number of carbonyl (C=O) groups excluding carboxylic acids is 1. The van der Waals surface area contributed by atoms with Crippen molar-refractivity contribution in [2.75, 3.05) is 12.4 Å². The molecule has 3 aromatic rings. The van der Waals surface area contributed by atoms with Gasteiger partial charge in [0.1, 0.15) is 0 Å². The lowest BCUT2D eigenvalue weighted by Crippen LogP contribution is -2.25. The molecule has 0 fully saturated rings. The number of hydrogen-bond acceptors (Lipinski definition) is 7. The van der Waals surface area contributed by atoms with Crippen molar-refractivity contribution in [3.8, 4) is 17.1 Å². The van der Waals surface area contributed by atoms with Crippen molar-refractivity contribution in [2.24, 2.45) is 0 Å². The van der Waals surface area contributed by atoms with Gasteiger partial charge >= 0.3 is 0 Å². The highest BCUT2D eigenvalue weighted by Gasteiger charge is 2.18. The number of benzene rings is 2. The van der Waals surface area contributed by atoms with Crippen molar-refractivity contribution in [2.45, 2.75) is 12.1 Å². The molecule has 144 valence electrons. The van der Waals surface area contributed by atoms with E-state index in [1.54, 1.807) is 23.6 Å². The van der Waals surface area contributed by atoms with Crippen LogP contribution in [0.2, 0.25) is 0 Å². The largest absolute Gasteiger partial charge is 0.274 e. The van der Waals surface area contributed by atoms with Crippen LogP contribution in [-0.4, -0.2) is 38.0 Å². The molecule has 0 aliphatic heterocycles. The molecule has 1 N–H and O–H groups in total. The lowest BCUT2D eigenvalue weighted by Gasteiger charge is -2.10. The van der Waals surface area contributed by atoms with Gasteiger partial charge in [-0.3, -0.25) is 24.3 Å². The third-order valence-electron chi connectivity index (χ3n) is 3.65. The van der Waals surface area contributed by atoms with E-state index in [1.807, 2.05) is 30.3 Å². The number of para-hydroxylation sites is 1. The Morgan fingerprint density at radius 1 is 1.18 bits per heavy atom. The molecular formula is C18H17N5O4S. The second-order valence-corrected chi connectivity index (χ2v) is 6.47. The Labute approximate surface area is 164 Å². The molecule has 0 atom stereocenters. The van der Waals surface area contributed by atoms with Crippen LogP contribution in [0.1, 0.15) is 6.92 Å². The number of nitrogens with one attached hydrogen (secondary N) is 1. The van der Waals surface area contributed by atoms with Gasteiger partial charge in [-0.25, -0.2) is 5.48 Å². The Hall–Kier alpha value is -3.24. The van der Waals surface area contributed by atoms with Crippen LogP contribution < -0.4 is 5.48 Å². The summed E-state index contributed by atoms with van der Waals surface area (Å²) >= 11 is 1.21. The van der Waals surface area contributed by atoms with E-state index in [2.05, 4.69) is 15.7 Å². The van der Waals surface area contributed by atoms with Crippen LogP contribution in [0.25, 0.3) is 17.1 Å². The Bertz CT molecular complexity index is 960. The monoisotopic (exact) mass is 399 g/mol. The quantitative estimate of drug-likeness (QED) is 0.352. The Morgan fingerprint density at radius 3 is 2.54 bits per heavy atom. The normalized spacial score (nSPS) is 10.6. The van der Waals surface area contributed by atoms with Gasteiger partial charge in [0.2, 0.25) is 0 Å². The number of hydroxylamine groups is 1. The van der Waals surface area contributed by atoms with E-state index in [4.69, 9.17) is 4.84 Å². The molecule has 0 unspecified atom stereocenters. The number of hydrogen-bond donors (Lipinski definition) is 1. The van der Waals surface area contributed by atoms with Gasteiger partial charge in [0, 0.05) is 23.4 Å². The number of aromatic nitrogens is 3. The number of nitro benzene ring substituents is 1. The predicted octanol–water partition coefficient (Wildman–Crippen LogP) is 3.00. The van der Waals surface area contributed by atoms with Gasteiger partial charge in [-0.15, -0.1) is 10.2 Å². The summed E-state index contributed by atoms with van der Waals surface area (Å²) in [5, 5.41) is 19.8. The molecule has 0 bridgehead atoms. The summed E-state index contributed by atoms with van der Waals surface area (Å²) in [5.41, 5.74) is 3.82. The molecular weight excluding hydrogens is 382 g/mol. The van der Waals surface area contributed by atoms with Crippen LogP contribution in [0.15, 0.2) is 59.8 Å². The SMILES string of the molecule is CCONC(=O)CSc1nnc(-c2ccc([N+](=O)[O-])cc2)n1-c1ccccc1. The van der Waals surface area contributed by atoms with Crippen molar-refractivity contribution >= 4 is 23.4 Å². The van der Waals surface area contributed by atoms with Crippen LogP contribution in [0.4, 0.5) is 5.69 Å². The highest BCUT2D eigenvalue weighted by molar-refractivity contribution is 7.99. The molecule has 1 heterocycles. The molecule has 9 nitrogen and oxygen atoms in total. The number of rotatable bonds is 8. The van der Waals surface area contributed by atoms with Crippen LogP contribution in [0.5, 0.6) is 0 Å². The summed E-state index contributed by atoms with van der Waals surface area (Å²) in [6.45, 7) is 2.15. The molecule has 0 spiro atoms. The summed E-state index contributed by atoms with van der Waals surface area (Å²) in [4.78, 5) is 27.1. The first-order chi connectivity index (χ1) is 13.6. The fourth-order valence-corrected chi connectivity index (χ4v) is 3.14. The van der Waals surface area contributed by atoms with E-state index in [-0.39, 0.29) is 17.3 Å². The molecule has 0 saturated heterocycles. The van der Waals surface area contributed by atoms with Crippen LogP contribution in [0, 0.1) is 10.1 Å². The molecule has 2 aromatic carbocycles. The minimum absolute atomic E-state index is 0.00304. The van der Waals surface area contributed by atoms with Crippen molar-refractivity contribution in [1.82, 2.24) is 20.2 Å². The summed E-state index contributed by atoms with van der Waals surface area (Å²) in [7, 11) is 0. The van der Waals surface area contributed by atoms with Gasteiger partial charge < -0.3 is 0 Å². The maximum atomic E-state index is 11.8.